The monoisotopic (exact) mass is 371 g/mol. The van der Waals surface area contributed by atoms with Gasteiger partial charge in [0.25, 0.3) is 0 Å². The van der Waals surface area contributed by atoms with Gasteiger partial charge in [-0.25, -0.2) is 14.3 Å². The number of nitrogens with zero attached hydrogens (tertiary/aromatic N) is 3. The number of aliphatic carboxylic acids is 2. The van der Waals surface area contributed by atoms with Gasteiger partial charge in [-0.2, -0.15) is 5.10 Å². The molecule has 1 atom stereocenters. The predicted octanol–water partition coefficient (Wildman–Crippen LogP) is 2.01. The molecule has 0 fully saturated rings. The Hall–Kier alpha value is -3.75. The lowest BCUT2D eigenvalue weighted by Crippen LogP contribution is -2.28. The number of allylic oxidation sites excluding steroid dienone is 2. The lowest BCUT2D eigenvalue weighted by molar-refractivity contribution is -0.145. The summed E-state index contributed by atoms with van der Waals surface area (Å²) in [4.78, 5) is 35.8. The van der Waals surface area contributed by atoms with E-state index >= 15 is 0 Å². The van der Waals surface area contributed by atoms with Crippen molar-refractivity contribution < 1.29 is 29.7 Å². The van der Waals surface area contributed by atoms with Gasteiger partial charge in [0.1, 0.15) is 0 Å². The normalized spacial score (nSPS) is 18.0. The zero-order chi connectivity index (χ0) is 20.0. The maximum Gasteiger partial charge on any atom is 0.338 e. The van der Waals surface area contributed by atoms with Crippen molar-refractivity contribution in [2.24, 2.45) is 5.41 Å². The van der Waals surface area contributed by atoms with Gasteiger partial charge in [-0.1, -0.05) is 18.2 Å². The highest BCUT2D eigenvalue weighted by molar-refractivity contribution is 5.90. The molecule has 0 radical (unpaired) electrons. The number of aromatic carboxylic acids is 1. The SMILES string of the molecule is CC1(C(=O)O)C=CC=C(C(=O)O)C1.O=C(O)c1cnn(-c2cccnc2)c1. The van der Waals surface area contributed by atoms with Gasteiger partial charge < -0.3 is 15.3 Å². The third kappa shape index (κ3) is 4.88. The largest absolute Gasteiger partial charge is 0.481 e. The van der Waals surface area contributed by atoms with Gasteiger partial charge in [0, 0.05) is 18.0 Å². The first-order valence-electron chi connectivity index (χ1n) is 7.76. The molecular formula is C18H17N3O6. The van der Waals surface area contributed by atoms with E-state index in [0.29, 0.717) is 0 Å². The molecule has 0 saturated heterocycles. The number of hydrogen-bond donors (Lipinski definition) is 3. The first-order valence-corrected chi connectivity index (χ1v) is 7.76. The Labute approximate surface area is 153 Å². The Morgan fingerprint density at radius 3 is 2.41 bits per heavy atom. The standard InChI is InChI=1S/C9H7N3O2.C9H10O4/c13-9(14)7-4-11-12(6-7)8-2-1-3-10-5-8;1-9(8(12)13)4-2-3-6(5-9)7(10)11/h1-6H,(H,13,14);2-4H,5H2,1H3,(H,10,11)(H,12,13). The van der Waals surface area contributed by atoms with Crippen molar-refractivity contribution in [2.75, 3.05) is 0 Å². The minimum Gasteiger partial charge on any atom is -0.481 e. The van der Waals surface area contributed by atoms with E-state index in [1.54, 1.807) is 24.5 Å². The van der Waals surface area contributed by atoms with Crippen molar-refractivity contribution in [2.45, 2.75) is 13.3 Å². The molecule has 0 aromatic carbocycles. The number of carbonyl (C=O) groups is 3. The molecule has 1 aliphatic rings. The molecule has 9 heteroatoms. The van der Waals surface area contributed by atoms with Crippen LogP contribution in [0.1, 0.15) is 23.7 Å². The average Bonchev–Trinajstić information content (AvgIpc) is 3.13. The summed E-state index contributed by atoms with van der Waals surface area (Å²) >= 11 is 0. The van der Waals surface area contributed by atoms with E-state index in [9.17, 15) is 14.4 Å². The molecule has 0 saturated carbocycles. The summed E-state index contributed by atoms with van der Waals surface area (Å²) in [6.45, 7) is 1.50. The van der Waals surface area contributed by atoms with Crippen LogP contribution in [-0.2, 0) is 9.59 Å². The van der Waals surface area contributed by atoms with Crippen LogP contribution in [-0.4, -0.2) is 48.0 Å². The Kier molecular flexibility index (Phi) is 5.86. The van der Waals surface area contributed by atoms with Gasteiger partial charge in [0.05, 0.1) is 29.1 Å². The summed E-state index contributed by atoms with van der Waals surface area (Å²) in [6.07, 6.45) is 10.4. The van der Waals surface area contributed by atoms with Crippen LogP contribution in [0.4, 0.5) is 0 Å². The third-order valence-corrected chi connectivity index (χ3v) is 3.82. The van der Waals surface area contributed by atoms with Crippen LogP contribution < -0.4 is 0 Å². The van der Waals surface area contributed by atoms with Crippen molar-refractivity contribution in [3.05, 3.63) is 66.3 Å². The molecule has 2 aromatic heterocycles. The van der Waals surface area contributed by atoms with Crippen molar-refractivity contribution in [1.82, 2.24) is 14.8 Å². The van der Waals surface area contributed by atoms with Crippen LogP contribution in [0, 0.1) is 5.41 Å². The van der Waals surface area contributed by atoms with E-state index in [1.807, 2.05) is 0 Å². The second-order valence-corrected chi connectivity index (χ2v) is 5.95. The first-order chi connectivity index (χ1) is 12.7. The van der Waals surface area contributed by atoms with E-state index in [4.69, 9.17) is 15.3 Å². The topological polar surface area (TPSA) is 143 Å². The van der Waals surface area contributed by atoms with Crippen molar-refractivity contribution >= 4 is 17.9 Å². The molecule has 1 unspecified atom stereocenters. The quantitative estimate of drug-likeness (QED) is 0.741. The Bertz CT molecular complexity index is 916. The fourth-order valence-corrected chi connectivity index (χ4v) is 2.25. The number of hydrogen-bond acceptors (Lipinski definition) is 5. The van der Waals surface area contributed by atoms with Crippen molar-refractivity contribution in [1.29, 1.82) is 0 Å². The maximum atomic E-state index is 10.8. The van der Waals surface area contributed by atoms with Crippen LogP contribution in [0.3, 0.4) is 0 Å². The van der Waals surface area contributed by atoms with Crippen LogP contribution >= 0.6 is 0 Å². The molecule has 0 bridgehead atoms. The number of rotatable bonds is 4. The van der Waals surface area contributed by atoms with E-state index in [1.165, 1.54) is 42.2 Å². The molecule has 2 aromatic rings. The molecule has 0 amide bonds. The van der Waals surface area contributed by atoms with E-state index in [0.717, 1.165) is 5.69 Å². The fraction of sp³-hybridized carbons (Fsp3) is 0.167. The highest BCUT2D eigenvalue weighted by Gasteiger charge is 2.34. The summed E-state index contributed by atoms with van der Waals surface area (Å²) in [6, 6.07) is 3.56. The van der Waals surface area contributed by atoms with Crippen LogP contribution in [0.15, 0.2) is 60.7 Å². The van der Waals surface area contributed by atoms with Crippen molar-refractivity contribution in [3.63, 3.8) is 0 Å². The Balaban J connectivity index is 0.000000194. The molecule has 1 aliphatic carbocycles. The van der Waals surface area contributed by atoms with E-state index in [-0.39, 0.29) is 17.6 Å². The molecule has 0 aliphatic heterocycles. The highest BCUT2D eigenvalue weighted by atomic mass is 16.4. The molecular weight excluding hydrogens is 354 g/mol. The van der Waals surface area contributed by atoms with Crippen molar-refractivity contribution in [3.8, 4) is 5.69 Å². The van der Waals surface area contributed by atoms with Crippen LogP contribution in [0.25, 0.3) is 5.69 Å². The second-order valence-electron chi connectivity index (χ2n) is 5.95. The minimum atomic E-state index is -1.08. The highest BCUT2D eigenvalue weighted by Crippen LogP contribution is 2.31. The third-order valence-electron chi connectivity index (χ3n) is 3.82. The second kappa shape index (κ2) is 8.09. The molecule has 140 valence electrons. The molecule has 9 nitrogen and oxygen atoms in total. The van der Waals surface area contributed by atoms with Gasteiger partial charge in [-0.05, 0) is 25.5 Å². The van der Waals surface area contributed by atoms with Gasteiger partial charge in [0.15, 0.2) is 0 Å². The zero-order valence-electron chi connectivity index (χ0n) is 14.3. The zero-order valence-corrected chi connectivity index (χ0v) is 14.3. The van der Waals surface area contributed by atoms with Gasteiger partial charge in [-0.3, -0.25) is 9.78 Å². The lowest BCUT2D eigenvalue weighted by atomic mass is 9.80. The lowest BCUT2D eigenvalue weighted by Gasteiger charge is -2.23. The molecule has 2 heterocycles. The maximum absolute atomic E-state index is 10.8. The van der Waals surface area contributed by atoms with E-state index < -0.39 is 23.3 Å². The van der Waals surface area contributed by atoms with Gasteiger partial charge in [0.2, 0.25) is 0 Å². The minimum absolute atomic E-state index is 0.0359. The smallest absolute Gasteiger partial charge is 0.338 e. The molecule has 0 spiro atoms. The molecule has 3 rings (SSSR count). The Morgan fingerprint density at radius 1 is 1.15 bits per heavy atom. The molecule has 27 heavy (non-hydrogen) atoms. The Morgan fingerprint density at radius 2 is 1.89 bits per heavy atom. The fourth-order valence-electron chi connectivity index (χ4n) is 2.25. The number of carboxylic acid groups (broad SMARTS) is 3. The number of aromatic nitrogens is 3. The summed E-state index contributed by atoms with van der Waals surface area (Å²) in [5.41, 5.74) is -0.0519. The predicted molar refractivity (Wildman–Crippen MR) is 93.5 cm³/mol. The summed E-state index contributed by atoms with van der Waals surface area (Å²) < 4.78 is 1.47. The summed E-state index contributed by atoms with van der Waals surface area (Å²) in [7, 11) is 0. The first kappa shape index (κ1) is 19.6. The number of pyridine rings is 1. The average molecular weight is 371 g/mol. The van der Waals surface area contributed by atoms with Gasteiger partial charge >= 0.3 is 17.9 Å². The van der Waals surface area contributed by atoms with Crippen LogP contribution in [0.5, 0.6) is 0 Å². The van der Waals surface area contributed by atoms with E-state index in [2.05, 4.69) is 10.1 Å². The number of carboxylic acids is 3. The summed E-state index contributed by atoms with van der Waals surface area (Å²) in [5.74, 6) is -3.05. The van der Waals surface area contributed by atoms with Gasteiger partial charge in [-0.15, -0.1) is 0 Å². The summed E-state index contributed by atoms with van der Waals surface area (Å²) in [5, 5.41) is 30.1. The van der Waals surface area contributed by atoms with Crippen LogP contribution in [0.2, 0.25) is 0 Å². The molecule has 3 N–H and O–H groups in total.